The van der Waals surface area contributed by atoms with Gasteiger partial charge in [0.2, 0.25) is 0 Å². The van der Waals surface area contributed by atoms with Gasteiger partial charge in [-0.3, -0.25) is 9.89 Å². The molecule has 0 spiro atoms. The molecule has 0 aliphatic heterocycles. The van der Waals surface area contributed by atoms with Crippen LogP contribution in [-0.2, 0) is 11.8 Å². The van der Waals surface area contributed by atoms with E-state index in [0.717, 1.165) is 5.56 Å². The van der Waals surface area contributed by atoms with Crippen molar-refractivity contribution in [2.75, 3.05) is 12.4 Å². The number of fused-ring (bicyclic) bond motifs is 1. The summed E-state index contributed by atoms with van der Waals surface area (Å²) in [6.45, 7) is 1.88. The fraction of sp³-hybridized carbons (Fsp3) is 0.188. The Balaban J connectivity index is 1.94. The zero-order valence-electron chi connectivity index (χ0n) is 13.0. The Hall–Kier alpha value is -3.09. The van der Waals surface area contributed by atoms with E-state index in [1.54, 1.807) is 22.8 Å². The molecule has 0 bridgehead atoms. The van der Waals surface area contributed by atoms with Gasteiger partial charge < -0.3 is 14.6 Å². The number of hydrogen-bond donors (Lipinski definition) is 2. The molecular formula is C16H16N4O3. The molecule has 0 atom stereocenters. The number of nitrogens with zero attached hydrogens (tertiary/aromatic N) is 2. The second-order valence-electron chi connectivity index (χ2n) is 5.24. The minimum absolute atomic E-state index is 0.189. The van der Waals surface area contributed by atoms with Crippen LogP contribution in [0.25, 0.3) is 10.9 Å². The first-order valence-electron chi connectivity index (χ1n) is 7.01. The number of aryl methyl sites for hydroxylation is 2. The third-order valence-corrected chi connectivity index (χ3v) is 3.69. The van der Waals surface area contributed by atoms with Gasteiger partial charge in [0.05, 0.1) is 12.6 Å². The lowest BCUT2D eigenvalue weighted by atomic mass is 10.2. The number of methoxy groups -OCH3 is 1. The summed E-state index contributed by atoms with van der Waals surface area (Å²) >= 11 is 0. The highest BCUT2D eigenvalue weighted by Crippen LogP contribution is 2.22. The van der Waals surface area contributed by atoms with E-state index in [-0.39, 0.29) is 11.6 Å². The number of carbonyl (C=O) groups is 2. The lowest BCUT2D eigenvalue weighted by molar-refractivity contribution is 0.0596. The summed E-state index contributed by atoms with van der Waals surface area (Å²) < 4.78 is 6.47. The largest absolute Gasteiger partial charge is 0.464 e. The second-order valence-corrected chi connectivity index (χ2v) is 5.24. The number of aromatic nitrogens is 3. The monoisotopic (exact) mass is 312 g/mol. The highest BCUT2D eigenvalue weighted by Gasteiger charge is 2.17. The first-order valence-corrected chi connectivity index (χ1v) is 7.01. The van der Waals surface area contributed by atoms with Gasteiger partial charge in [0.15, 0.2) is 5.69 Å². The van der Waals surface area contributed by atoms with Gasteiger partial charge >= 0.3 is 5.97 Å². The van der Waals surface area contributed by atoms with Crippen molar-refractivity contribution in [2.24, 2.45) is 7.05 Å². The molecule has 0 saturated heterocycles. The van der Waals surface area contributed by atoms with E-state index in [2.05, 4.69) is 15.5 Å². The molecule has 118 valence electrons. The Kier molecular flexibility index (Phi) is 3.61. The second kappa shape index (κ2) is 5.60. The van der Waals surface area contributed by atoms with Crippen LogP contribution in [0.4, 0.5) is 5.69 Å². The lowest BCUT2D eigenvalue weighted by Gasteiger charge is -2.08. The van der Waals surface area contributed by atoms with Crippen LogP contribution in [0.1, 0.15) is 26.5 Å². The Labute approximate surface area is 132 Å². The van der Waals surface area contributed by atoms with Crippen molar-refractivity contribution in [2.45, 2.75) is 6.92 Å². The molecule has 3 aromatic rings. The fourth-order valence-electron chi connectivity index (χ4n) is 2.53. The number of esters is 1. The molecule has 3 rings (SSSR count). The summed E-state index contributed by atoms with van der Waals surface area (Å²) in [7, 11) is 3.11. The SMILES string of the molecule is COC(=O)c1n[nH]c2ccc(NC(=O)c3c(C)ccn3C)cc12. The topological polar surface area (TPSA) is 89.0 Å². The van der Waals surface area contributed by atoms with Gasteiger partial charge in [0.25, 0.3) is 5.91 Å². The van der Waals surface area contributed by atoms with Gasteiger partial charge in [-0.15, -0.1) is 0 Å². The number of anilines is 1. The van der Waals surface area contributed by atoms with E-state index in [4.69, 9.17) is 4.74 Å². The maximum atomic E-state index is 12.4. The Bertz CT molecular complexity index is 888. The Morgan fingerprint density at radius 2 is 2.09 bits per heavy atom. The number of amides is 1. The molecule has 1 aromatic carbocycles. The van der Waals surface area contributed by atoms with E-state index >= 15 is 0 Å². The van der Waals surface area contributed by atoms with Crippen molar-refractivity contribution >= 4 is 28.5 Å². The number of carbonyl (C=O) groups excluding carboxylic acids is 2. The van der Waals surface area contributed by atoms with Gasteiger partial charge in [-0.25, -0.2) is 4.79 Å². The molecule has 0 fully saturated rings. The number of ether oxygens (including phenoxy) is 1. The quantitative estimate of drug-likeness (QED) is 0.726. The smallest absolute Gasteiger partial charge is 0.359 e. The maximum Gasteiger partial charge on any atom is 0.359 e. The van der Waals surface area contributed by atoms with Gasteiger partial charge in [0.1, 0.15) is 5.69 Å². The molecule has 0 aliphatic rings. The molecule has 0 radical (unpaired) electrons. The van der Waals surface area contributed by atoms with Gasteiger partial charge in [0, 0.05) is 24.3 Å². The van der Waals surface area contributed by atoms with Crippen molar-refractivity contribution < 1.29 is 14.3 Å². The van der Waals surface area contributed by atoms with Crippen LogP contribution < -0.4 is 5.32 Å². The van der Waals surface area contributed by atoms with Crippen molar-refractivity contribution in [1.82, 2.24) is 14.8 Å². The third-order valence-electron chi connectivity index (χ3n) is 3.69. The average Bonchev–Trinajstić information content (AvgIpc) is 3.09. The Morgan fingerprint density at radius 3 is 2.74 bits per heavy atom. The molecular weight excluding hydrogens is 296 g/mol. The van der Waals surface area contributed by atoms with Crippen molar-refractivity contribution in [1.29, 1.82) is 0 Å². The number of aromatic amines is 1. The third kappa shape index (κ3) is 2.57. The standard InChI is InChI=1S/C16H16N4O3/c1-9-6-7-20(2)14(9)15(21)17-10-4-5-12-11(8-10)13(19-18-12)16(22)23-3/h4-8H,1-3H3,(H,17,21)(H,18,19). The summed E-state index contributed by atoms with van der Waals surface area (Å²) in [5, 5.41) is 10.1. The number of hydrogen-bond acceptors (Lipinski definition) is 4. The van der Waals surface area contributed by atoms with Crippen LogP contribution in [0, 0.1) is 6.92 Å². The van der Waals surface area contributed by atoms with Crippen LogP contribution in [0.15, 0.2) is 30.5 Å². The minimum Gasteiger partial charge on any atom is -0.464 e. The van der Waals surface area contributed by atoms with E-state index in [1.165, 1.54) is 7.11 Å². The minimum atomic E-state index is -0.530. The van der Waals surface area contributed by atoms with Crippen LogP contribution in [0.2, 0.25) is 0 Å². The van der Waals surface area contributed by atoms with Crippen LogP contribution in [0.5, 0.6) is 0 Å². The lowest BCUT2D eigenvalue weighted by Crippen LogP contribution is -2.16. The first-order chi connectivity index (χ1) is 11.0. The molecule has 23 heavy (non-hydrogen) atoms. The molecule has 0 saturated carbocycles. The molecule has 7 nitrogen and oxygen atoms in total. The highest BCUT2D eigenvalue weighted by molar-refractivity contribution is 6.07. The Morgan fingerprint density at radius 1 is 1.30 bits per heavy atom. The van der Waals surface area contributed by atoms with E-state index < -0.39 is 5.97 Å². The summed E-state index contributed by atoms with van der Waals surface area (Å²) in [4.78, 5) is 24.1. The highest BCUT2D eigenvalue weighted by atomic mass is 16.5. The number of H-pyrrole nitrogens is 1. The fourth-order valence-corrected chi connectivity index (χ4v) is 2.53. The van der Waals surface area contributed by atoms with Crippen molar-refractivity contribution in [3.63, 3.8) is 0 Å². The maximum absolute atomic E-state index is 12.4. The van der Waals surface area contributed by atoms with Crippen LogP contribution >= 0.6 is 0 Å². The molecule has 2 N–H and O–H groups in total. The zero-order chi connectivity index (χ0) is 16.6. The molecule has 0 aliphatic carbocycles. The van der Waals surface area contributed by atoms with Gasteiger partial charge in [-0.1, -0.05) is 0 Å². The average molecular weight is 312 g/mol. The molecule has 7 heteroatoms. The number of rotatable bonds is 3. The van der Waals surface area contributed by atoms with Crippen LogP contribution in [0.3, 0.4) is 0 Å². The van der Waals surface area contributed by atoms with Gasteiger partial charge in [-0.2, -0.15) is 5.10 Å². The molecule has 0 unspecified atom stereocenters. The summed E-state index contributed by atoms with van der Waals surface area (Å²) in [6.07, 6.45) is 1.83. The predicted molar refractivity (Wildman–Crippen MR) is 85.5 cm³/mol. The summed E-state index contributed by atoms with van der Waals surface area (Å²) in [6, 6.07) is 7.07. The number of nitrogens with one attached hydrogen (secondary N) is 2. The van der Waals surface area contributed by atoms with Crippen molar-refractivity contribution in [3.8, 4) is 0 Å². The van der Waals surface area contributed by atoms with E-state index in [9.17, 15) is 9.59 Å². The van der Waals surface area contributed by atoms with Gasteiger partial charge in [-0.05, 0) is 36.8 Å². The normalized spacial score (nSPS) is 10.7. The zero-order valence-corrected chi connectivity index (χ0v) is 13.0. The first kappa shape index (κ1) is 14.8. The molecule has 2 heterocycles. The predicted octanol–water partition coefficient (Wildman–Crippen LogP) is 2.25. The summed E-state index contributed by atoms with van der Waals surface area (Å²) in [5.74, 6) is -0.740. The van der Waals surface area contributed by atoms with E-state index in [1.807, 2.05) is 26.2 Å². The molecule has 2 aromatic heterocycles. The number of benzene rings is 1. The molecule has 1 amide bonds. The van der Waals surface area contributed by atoms with E-state index in [0.29, 0.717) is 22.3 Å². The summed E-state index contributed by atoms with van der Waals surface area (Å²) in [5.41, 5.74) is 2.94. The van der Waals surface area contributed by atoms with Crippen LogP contribution in [-0.4, -0.2) is 33.8 Å². The van der Waals surface area contributed by atoms with Crippen molar-refractivity contribution in [3.05, 3.63) is 47.4 Å².